The van der Waals surface area contributed by atoms with Gasteiger partial charge in [0.2, 0.25) is 0 Å². The summed E-state index contributed by atoms with van der Waals surface area (Å²) in [5.41, 5.74) is 1.20. The minimum atomic E-state index is -0.226. The summed E-state index contributed by atoms with van der Waals surface area (Å²) in [4.78, 5) is 9.30. The minimum absolute atomic E-state index is 0.210. The molecule has 3 rings (SSSR count). The van der Waals surface area contributed by atoms with E-state index in [1.54, 1.807) is 6.20 Å². The van der Waals surface area contributed by atoms with Crippen LogP contribution in [0.3, 0.4) is 0 Å². The number of nitrogens with zero attached hydrogens (tertiary/aromatic N) is 2. The molecule has 2 aromatic rings. The van der Waals surface area contributed by atoms with E-state index in [2.05, 4.69) is 35.0 Å². The predicted molar refractivity (Wildman–Crippen MR) is 81.8 cm³/mol. The van der Waals surface area contributed by atoms with Crippen LogP contribution in [0.15, 0.2) is 36.7 Å². The summed E-state index contributed by atoms with van der Waals surface area (Å²) in [6, 6.07) is 8.63. The Hall–Kier alpha value is -1.23. The van der Waals surface area contributed by atoms with Crippen LogP contribution in [0.1, 0.15) is 21.7 Å². The molecule has 1 saturated heterocycles. The van der Waals surface area contributed by atoms with Crippen LogP contribution in [-0.4, -0.2) is 33.7 Å². The molecular weight excluding hydrogens is 268 g/mol. The van der Waals surface area contributed by atoms with Gasteiger partial charge in [0.1, 0.15) is 0 Å². The first-order valence-corrected chi connectivity index (χ1v) is 7.90. The second kappa shape index (κ2) is 6.04. The molecule has 0 aliphatic carbocycles. The minimum Gasteiger partial charge on any atom is -0.391 e. The van der Waals surface area contributed by atoms with Crippen LogP contribution in [-0.2, 0) is 13.0 Å². The molecule has 0 unspecified atom stereocenters. The fourth-order valence-corrected chi connectivity index (χ4v) is 3.81. The lowest BCUT2D eigenvalue weighted by molar-refractivity contribution is 0.113. The molecule has 1 aliphatic heterocycles. The molecule has 0 aromatic carbocycles. The number of hydrogen-bond donors (Lipinski definition) is 1. The number of likely N-dealkylation sites (tertiary alicyclic amines) is 1. The highest BCUT2D eigenvalue weighted by atomic mass is 32.1. The highest BCUT2D eigenvalue weighted by Gasteiger charge is 2.32. The third-order valence-corrected chi connectivity index (χ3v) is 4.93. The molecule has 0 saturated carbocycles. The van der Waals surface area contributed by atoms with Crippen LogP contribution in [0.5, 0.6) is 0 Å². The molecule has 0 amide bonds. The van der Waals surface area contributed by atoms with Crippen molar-refractivity contribution in [1.82, 2.24) is 9.88 Å². The van der Waals surface area contributed by atoms with E-state index in [9.17, 15) is 5.11 Å². The Morgan fingerprint density at radius 1 is 1.40 bits per heavy atom. The summed E-state index contributed by atoms with van der Waals surface area (Å²) < 4.78 is 0. The average molecular weight is 288 g/mol. The normalized spacial score (nSPS) is 23.3. The molecule has 4 heteroatoms. The number of aromatic nitrogens is 1. The van der Waals surface area contributed by atoms with E-state index >= 15 is 0 Å². The number of pyridine rings is 1. The summed E-state index contributed by atoms with van der Waals surface area (Å²) in [6.45, 7) is 4.06. The Bertz CT molecular complexity index is 555. The van der Waals surface area contributed by atoms with Crippen LogP contribution in [0.25, 0.3) is 0 Å². The molecule has 0 spiro atoms. The van der Waals surface area contributed by atoms with Gasteiger partial charge in [0.05, 0.1) is 6.10 Å². The van der Waals surface area contributed by atoms with Gasteiger partial charge in [-0.2, -0.15) is 0 Å². The van der Waals surface area contributed by atoms with Gasteiger partial charge >= 0.3 is 0 Å². The standard InChI is InChI=1S/C16H20N2OS/c1-12-4-5-14(20-12)11-18-8-6-16(19)15(18)9-13-3-2-7-17-10-13/h2-5,7,10,15-16,19H,6,8-9,11H2,1H3/t15-,16-/m1/s1. The van der Waals surface area contributed by atoms with E-state index in [-0.39, 0.29) is 12.1 Å². The molecule has 3 nitrogen and oxygen atoms in total. The summed E-state index contributed by atoms with van der Waals surface area (Å²) in [6.07, 6.45) is 5.21. The van der Waals surface area contributed by atoms with Gasteiger partial charge < -0.3 is 5.11 Å². The van der Waals surface area contributed by atoms with Gasteiger partial charge in [-0.05, 0) is 43.5 Å². The largest absolute Gasteiger partial charge is 0.391 e. The van der Waals surface area contributed by atoms with Crippen molar-refractivity contribution in [2.75, 3.05) is 6.54 Å². The van der Waals surface area contributed by atoms with Gasteiger partial charge in [-0.1, -0.05) is 6.07 Å². The van der Waals surface area contributed by atoms with E-state index in [1.807, 2.05) is 23.6 Å². The lowest BCUT2D eigenvalue weighted by Gasteiger charge is -2.25. The van der Waals surface area contributed by atoms with E-state index < -0.39 is 0 Å². The van der Waals surface area contributed by atoms with Crippen molar-refractivity contribution in [3.8, 4) is 0 Å². The molecule has 1 N–H and O–H groups in total. The van der Waals surface area contributed by atoms with Gasteiger partial charge in [0, 0.05) is 41.3 Å². The van der Waals surface area contributed by atoms with Crippen molar-refractivity contribution in [2.24, 2.45) is 0 Å². The van der Waals surface area contributed by atoms with Gasteiger partial charge in [0.25, 0.3) is 0 Å². The third-order valence-electron chi connectivity index (χ3n) is 3.95. The first kappa shape index (κ1) is 13.7. The van der Waals surface area contributed by atoms with Crippen LogP contribution in [0.2, 0.25) is 0 Å². The van der Waals surface area contributed by atoms with Crippen molar-refractivity contribution >= 4 is 11.3 Å². The highest BCUT2D eigenvalue weighted by Crippen LogP contribution is 2.26. The SMILES string of the molecule is Cc1ccc(CN2CC[C@@H](O)[C@H]2Cc2cccnc2)s1. The number of rotatable bonds is 4. The van der Waals surface area contributed by atoms with Gasteiger partial charge in [-0.15, -0.1) is 11.3 Å². The number of aliphatic hydroxyl groups excluding tert-OH is 1. The topological polar surface area (TPSA) is 36.4 Å². The van der Waals surface area contributed by atoms with Crippen molar-refractivity contribution in [1.29, 1.82) is 0 Å². The average Bonchev–Trinajstić information content (AvgIpc) is 3.01. The molecule has 2 aromatic heterocycles. The number of aryl methyl sites for hydroxylation is 1. The monoisotopic (exact) mass is 288 g/mol. The third kappa shape index (κ3) is 3.08. The Morgan fingerprint density at radius 3 is 3.00 bits per heavy atom. The summed E-state index contributed by atoms with van der Waals surface area (Å²) in [5, 5.41) is 10.2. The molecule has 2 atom stereocenters. The van der Waals surface area contributed by atoms with E-state index in [0.29, 0.717) is 0 Å². The van der Waals surface area contributed by atoms with Crippen molar-refractivity contribution in [3.05, 3.63) is 52.0 Å². The maximum Gasteiger partial charge on any atom is 0.0710 e. The van der Waals surface area contributed by atoms with E-state index in [0.717, 1.165) is 25.9 Å². The fraction of sp³-hybridized carbons (Fsp3) is 0.438. The molecule has 3 heterocycles. The smallest absolute Gasteiger partial charge is 0.0710 e. The first-order valence-electron chi connectivity index (χ1n) is 7.09. The van der Waals surface area contributed by atoms with Crippen LogP contribution in [0, 0.1) is 6.92 Å². The predicted octanol–water partition coefficient (Wildman–Crippen LogP) is 2.63. The van der Waals surface area contributed by atoms with Crippen LogP contribution >= 0.6 is 11.3 Å². The molecule has 1 aliphatic rings. The van der Waals surface area contributed by atoms with Crippen LogP contribution < -0.4 is 0 Å². The van der Waals surface area contributed by atoms with Crippen LogP contribution in [0.4, 0.5) is 0 Å². The van der Waals surface area contributed by atoms with Crippen molar-refractivity contribution in [3.63, 3.8) is 0 Å². The molecule has 0 bridgehead atoms. The Balaban J connectivity index is 1.70. The van der Waals surface area contributed by atoms with Crippen molar-refractivity contribution < 1.29 is 5.11 Å². The molecule has 0 radical (unpaired) electrons. The Kier molecular flexibility index (Phi) is 4.15. The van der Waals surface area contributed by atoms with Gasteiger partial charge in [-0.25, -0.2) is 0 Å². The number of hydrogen-bond acceptors (Lipinski definition) is 4. The zero-order valence-electron chi connectivity index (χ0n) is 11.7. The lowest BCUT2D eigenvalue weighted by atomic mass is 10.0. The fourth-order valence-electron chi connectivity index (χ4n) is 2.89. The molecule has 1 fully saturated rings. The second-order valence-electron chi connectivity index (χ2n) is 5.47. The molecule has 106 valence electrons. The highest BCUT2D eigenvalue weighted by molar-refractivity contribution is 7.11. The quantitative estimate of drug-likeness (QED) is 0.939. The van der Waals surface area contributed by atoms with Gasteiger partial charge in [-0.3, -0.25) is 9.88 Å². The molecular formula is C16H20N2OS. The maximum atomic E-state index is 10.2. The molecule has 20 heavy (non-hydrogen) atoms. The van der Waals surface area contributed by atoms with E-state index in [4.69, 9.17) is 0 Å². The summed E-state index contributed by atoms with van der Waals surface area (Å²) >= 11 is 1.85. The first-order chi connectivity index (χ1) is 9.72. The zero-order valence-corrected chi connectivity index (χ0v) is 12.5. The lowest BCUT2D eigenvalue weighted by Crippen LogP contribution is -2.36. The number of thiophene rings is 1. The number of aliphatic hydroxyl groups is 1. The maximum absolute atomic E-state index is 10.2. The second-order valence-corrected chi connectivity index (χ2v) is 6.84. The Morgan fingerprint density at radius 2 is 2.30 bits per heavy atom. The zero-order chi connectivity index (χ0) is 13.9. The summed E-state index contributed by atoms with van der Waals surface area (Å²) in [5.74, 6) is 0. The van der Waals surface area contributed by atoms with E-state index in [1.165, 1.54) is 15.3 Å². The Labute approximate surface area is 123 Å². The summed E-state index contributed by atoms with van der Waals surface area (Å²) in [7, 11) is 0. The van der Waals surface area contributed by atoms with Crippen molar-refractivity contribution in [2.45, 2.75) is 38.5 Å². The van der Waals surface area contributed by atoms with Gasteiger partial charge in [0.15, 0.2) is 0 Å².